The summed E-state index contributed by atoms with van der Waals surface area (Å²) < 4.78 is 5.95. The maximum Gasteiger partial charge on any atom is 0.167 e. The van der Waals surface area contributed by atoms with Gasteiger partial charge in [0.15, 0.2) is 5.78 Å². The molecule has 98 valence electrons. The topological polar surface area (TPSA) is 26.3 Å². The van der Waals surface area contributed by atoms with Crippen LogP contribution in [0.2, 0.25) is 0 Å². The van der Waals surface area contributed by atoms with Crippen molar-refractivity contribution >= 4 is 21.7 Å². The number of aryl methyl sites for hydroxylation is 1. The molecule has 2 rings (SSSR count). The lowest BCUT2D eigenvalue weighted by Crippen LogP contribution is -2.03. The molecule has 19 heavy (non-hydrogen) atoms. The predicted molar refractivity (Wildman–Crippen MR) is 79.9 cm³/mol. The van der Waals surface area contributed by atoms with Crippen LogP contribution in [0.25, 0.3) is 0 Å². The zero-order valence-electron chi connectivity index (χ0n) is 10.9. The van der Waals surface area contributed by atoms with Crippen LogP contribution in [0.15, 0.2) is 46.9 Å². The van der Waals surface area contributed by atoms with E-state index in [0.717, 1.165) is 15.8 Å². The minimum Gasteiger partial charge on any atom is -0.496 e. The number of rotatable bonds is 4. The van der Waals surface area contributed by atoms with E-state index in [1.54, 1.807) is 25.3 Å². The Kier molecular flexibility index (Phi) is 4.38. The summed E-state index contributed by atoms with van der Waals surface area (Å²) >= 11 is 3.39. The Labute approximate surface area is 121 Å². The van der Waals surface area contributed by atoms with Crippen molar-refractivity contribution in [3.8, 4) is 5.75 Å². The van der Waals surface area contributed by atoms with Crippen LogP contribution in [0.1, 0.15) is 21.5 Å². The minimum atomic E-state index is 0.104. The third-order valence-corrected chi connectivity index (χ3v) is 3.58. The average Bonchev–Trinajstić information content (AvgIpc) is 2.41. The van der Waals surface area contributed by atoms with E-state index in [-0.39, 0.29) is 5.78 Å². The SMILES string of the molecule is COc1ccc(C(=O)Cc2ccc(C)cc2)cc1Br. The number of hydrogen-bond acceptors (Lipinski definition) is 2. The zero-order chi connectivity index (χ0) is 13.8. The molecule has 0 bridgehead atoms. The van der Waals surface area contributed by atoms with Gasteiger partial charge in [-0.15, -0.1) is 0 Å². The van der Waals surface area contributed by atoms with Gasteiger partial charge in [0, 0.05) is 12.0 Å². The normalized spacial score (nSPS) is 10.3. The van der Waals surface area contributed by atoms with Crippen LogP contribution >= 0.6 is 15.9 Å². The van der Waals surface area contributed by atoms with E-state index in [2.05, 4.69) is 15.9 Å². The number of Topliss-reactive ketones (excluding diaryl/α,β-unsaturated/α-hetero) is 1. The van der Waals surface area contributed by atoms with Crippen molar-refractivity contribution in [3.05, 3.63) is 63.6 Å². The van der Waals surface area contributed by atoms with Crippen LogP contribution in [0, 0.1) is 6.92 Å². The number of ether oxygens (including phenoxy) is 1. The maximum absolute atomic E-state index is 12.2. The number of benzene rings is 2. The molecule has 0 aliphatic carbocycles. The van der Waals surface area contributed by atoms with E-state index >= 15 is 0 Å². The van der Waals surface area contributed by atoms with Crippen LogP contribution in [-0.4, -0.2) is 12.9 Å². The first-order valence-electron chi connectivity index (χ1n) is 6.02. The van der Waals surface area contributed by atoms with E-state index < -0.39 is 0 Å². The lowest BCUT2D eigenvalue weighted by Gasteiger charge is -2.06. The van der Waals surface area contributed by atoms with Crippen molar-refractivity contribution in [3.63, 3.8) is 0 Å². The highest BCUT2D eigenvalue weighted by Crippen LogP contribution is 2.26. The summed E-state index contributed by atoms with van der Waals surface area (Å²) in [5, 5.41) is 0. The molecule has 0 atom stereocenters. The number of ketones is 1. The van der Waals surface area contributed by atoms with Gasteiger partial charge in [-0.25, -0.2) is 0 Å². The van der Waals surface area contributed by atoms with Gasteiger partial charge in [-0.1, -0.05) is 29.8 Å². The number of halogens is 1. The summed E-state index contributed by atoms with van der Waals surface area (Å²) in [6, 6.07) is 13.4. The fourth-order valence-corrected chi connectivity index (χ4v) is 2.37. The lowest BCUT2D eigenvalue weighted by molar-refractivity contribution is 0.0993. The molecule has 0 unspecified atom stereocenters. The maximum atomic E-state index is 12.2. The van der Waals surface area contributed by atoms with Crippen molar-refractivity contribution in [1.82, 2.24) is 0 Å². The Morgan fingerprint density at radius 2 is 1.84 bits per heavy atom. The molecule has 0 aliphatic heterocycles. The molecule has 0 spiro atoms. The summed E-state index contributed by atoms with van der Waals surface area (Å²) in [6.07, 6.45) is 0.416. The van der Waals surface area contributed by atoms with Crippen molar-refractivity contribution in [2.24, 2.45) is 0 Å². The van der Waals surface area contributed by atoms with Gasteiger partial charge in [-0.3, -0.25) is 4.79 Å². The molecule has 0 amide bonds. The molecule has 0 aliphatic rings. The fraction of sp³-hybridized carbons (Fsp3) is 0.188. The van der Waals surface area contributed by atoms with Gasteiger partial charge in [0.2, 0.25) is 0 Å². The van der Waals surface area contributed by atoms with Crippen LogP contribution < -0.4 is 4.74 Å². The van der Waals surface area contributed by atoms with Crippen LogP contribution in [0.3, 0.4) is 0 Å². The lowest BCUT2D eigenvalue weighted by atomic mass is 10.0. The molecule has 3 heteroatoms. The number of hydrogen-bond donors (Lipinski definition) is 0. The molecule has 0 fully saturated rings. The van der Waals surface area contributed by atoms with Gasteiger partial charge >= 0.3 is 0 Å². The highest BCUT2D eigenvalue weighted by molar-refractivity contribution is 9.10. The largest absolute Gasteiger partial charge is 0.496 e. The minimum absolute atomic E-state index is 0.104. The second-order valence-electron chi connectivity index (χ2n) is 4.43. The Bertz CT molecular complexity index is 588. The highest BCUT2D eigenvalue weighted by atomic mass is 79.9. The van der Waals surface area contributed by atoms with E-state index in [4.69, 9.17) is 4.74 Å². The van der Waals surface area contributed by atoms with Gasteiger partial charge in [-0.05, 0) is 46.6 Å². The Balaban J connectivity index is 2.16. The molecule has 2 aromatic rings. The first-order valence-corrected chi connectivity index (χ1v) is 6.81. The first kappa shape index (κ1) is 13.8. The van der Waals surface area contributed by atoms with Crippen molar-refractivity contribution in [2.45, 2.75) is 13.3 Å². The monoisotopic (exact) mass is 318 g/mol. The summed E-state index contributed by atoms with van der Waals surface area (Å²) in [5.41, 5.74) is 2.92. The van der Waals surface area contributed by atoms with Crippen LogP contribution in [0.4, 0.5) is 0 Å². The molecule has 0 heterocycles. The highest BCUT2D eigenvalue weighted by Gasteiger charge is 2.09. The number of carbonyl (C=O) groups is 1. The predicted octanol–water partition coefficient (Wildman–Crippen LogP) is 4.19. The second-order valence-corrected chi connectivity index (χ2v) is 5.29. The van der Waals surface area contributed by atoms with Gasteiger partial charge in [0.25, 0.3) is 0 Å². The Hall–Kier alpha value is -1.61. The van der Waals surface area contributed by atoms with Gasteiger partial charge in [0.1, 0.15) is 5.75 Å². The Morgan fingerprint density at radius 3 is 2.42 bits per heavy atom. The molecule has 0 saturated carbocycles. The average molecular weight is 319 g/mol. The second kappa shape index (κ2) is 6.02. The van der Waals surface area contributed by atoms with Gasteiger partial charge < -0.3 is 4.74 Å². The smallest absolute Gasteiger partial charge is 0.167 e. The molecular formula is C16H15BrO2. The van der Waals surface area contributed by atoms with Gasteiger partial charge in [0.05, 0.1) is 11.6 Å². The molecule has 2 aromatic carbocycles. The third kappa shape index (κ3) is 3.44. The molecule has 2 nitrogen and oxygen atoms in total. The fourth-order valence-electron chi connectivity index (χ4n) is 1.83. The van der Waals surface area contributed by atoms with Gasteiger partial charge in [-0.2, -0.15) is 0 Å². The third-order valence-electron chi connectivity index (χ3n) is 2.96. The molecule has 0 radical (unpaired) electrons. The van der Waals surface area contributed by atoms with Crippen molar-refractivity contribution in [1.29, 1.82) is 0 Å². The molecular weight excluding hydrogens is 304 g/mol. The number of carbonyl (C=O) groups excluding carboxylic acids is 1. The van der Waals surface area contributed by atoms with E-state index in [0.29, 0.717) is 12.0 Å². The van der Waals surface area contributed by atoms with Crippen LogP contribution in [-0.2, 0) is 6.42 Å². The van der Waals surface area contributed by atoms with Crippen molar-refractivity contribution in [2.75, 3.05) is 7.11 Å². The summed E-state index contributed by atoms with van der Waals surface area (Å²) in [6.45, 7) is 2.03. The summed E-state index contributed by atoms with van der Waals surface area (Å²) in [7, 11) is 1.61. The van der Waals surface area contributed by atoms with E-state index in [9.17, 15) is 4.79 Å². The van der Waals surface area contributed by atoms with E-state index in [1.807, 2.05) is 31.2 Å². The standard InChI is InChI=1S/C16H15BrO2/c1-11-3-5-12(6-4-11)9-15(18)13-7-8-16(19-2)14(17)10-13/h3-8,10H,9H2,1-2H3. The molecule has 0 aromatic heterocycles. The molecule has 0 N–H and O–H groups in total. The number of methoxy groups -OCH3 is 1. The summed E-state index contributed by atoms with van der Waals surface area (Å²) in [5.74, 6) is 0.832. The van der Waals surface area contributed by atoms with E-state index in [1.165, 1.54) is 5.56 Å². The quantitative estimate of drug-likeness (QED) is 0.790. The zero-order valence-corrected chi connectivity index (χ0v) is 12.5. The van der Waals surface area contributed by atoms with Crippen LogP contribution in [0.5, 0.6) is 5.75 Å². The molecule has 0 saturated heterocycles. The van der Waals surface area contributed by atoms with Crippen molar-refractivity contribution < 1.29 is 9.53 Å². The Morgan fingerprint density at radius 1 is 1.16 bits per heavy atom. The summed E-state index contributed by atoms with van der Waals surface area (Å²) in [4.78, 5) is 12.2. The first-order chi connectivity index (χ1) is 9.10.